The number of ether oxygens (including phenoxy) is 1. The molecule has 0 aliphatic heterocycles. The van der Waals surface area contributed by atoms with E-state index in [9.17, 15) is 9.59 Å². The van der Waals surface area contributed by atoms with Crippen molar-refractivity contribution in [2.24, 2.45) is 0 Å². The van der Waals surface area contributed by atoms with E-state index in [-0.39, 0.29) is 23.4 Å². The number of halogens is 2. The first kappa shape index (κ1) is 15.7. The highest BCUT2D eigenvalue weighted by atomic mass is 35.5. The van der Waals surface area contributed by atoms with Gasteiger partial charge in [0, 0.05) is 12.3 Å². The number of aromatic nitrogens is 2. The third-order valence-corrected chi connectivity index (χ3v) is 3.53. The number of nitrogens with zero attached hydrogens (tertiary/aromatic N) is 2. The summed E-state index contributed by atoms with van der Waals surface area (Å²) in [5.41, 5.74) is 0.455. The van der Waals surface area contributed by atoms with E-state index in [1.807, 2.05) is 0 Å². The Morgan fingerprint density at radius 2 is 2.10 bits per heavy atom. The van der Waals surface area contributed by atoms with Gasteiger partial charge in [-0.2, -0.15) is 0 Å². The monoisotopic (exact) mass is 345 g/mol. The van der Waals surface area contributed by atoms with Crippen molar-refractivity contribution < 1.29 is 14.3 Å². The Labute approximate surface area is 134 Å². The van der Waals surface area contributed by atoms with Crippen LogP contribution in [0.1, 0.15) is 23.1 Å². The zero-order valence-corrected chi connectivity index (χ0v) is 13.1. The first-order valence-corrected chi connectivity index (χ1v) is 7.30. The van der Waals surface area contributed by atoms with Crippen LogP contribution in [-0.2, 0) is 16.1 Å². The molecule has 6 nitrogen and oxygen atoms in total. The van der Waals surface area contributed by atoms with Crippen molar-refractivity contribution in [3.05, 3.63) is 39.1 Å². The van der Waals surface area contributed by atoms with Gasteiger partial charge in [0.2, 0.25) is 5.91 Å². The molecule has 2 heterocycles. The normalized spacial score (nSPS) is 10.2. The molecule has 2 aromatic rings. The van der Waals surface area contributed by atoms with Gasteiger partial charge in [0.05, 0.1) is 10.7 Å². The van der Waals surface area contributed by atoms with Crippen LogP contribution in [0.2, 0.25) is 10.2 Å². The third-order valence-electron chi connectivity index (χ3n) is 2.22. The molecule has 0 saturated carbocycles. The highest BCUT2D eigenvalue weighted by molar-refractivity contribution is 7.14. The first-order valence-electron chi connectivity index (χ1n) is 5.67. The smallest absolute Gasteiger partial charge is 0.358 e. The number of hydrogen-bond acceptors (Lipinski definition) is 6. The van der Waals surface area contributed by atoms with Crippen molar-refractivity contribution in [1.29, 1.82) is 0 Å². The number of nitrogens with one attached hydrogen (secondary N) is 1. The largest absolute Gasteiger partial charge is 0.454 e. The molecule has 1 amide bonds. The number of thiazole rings is 1. The van der Waals surface area contributed by atoms with Crippen LogP contribution in [-0.4, -0.2) is 21.8 Å². The van der Waals surface area contributed by atoms with Gasteiger partial charge in [-0.15, -0.1) is 11.3 Å². The zero-order valence-electron chi connectivity index (χ0n) is 10.7. The summed E-state index contributed by atoms with van der Waals surface area (Å²) in [5.74, 6) is -0.903. The molecule has 21 heavy (non-hydrogen) atoms. The van der Waals surface area contributed by atoms with Gasteiger partial charge in [-0.05, 0) is 12.1 Å². The molecule has 0 saturated heterocycles. The number of carbonyl (C=O) groups excluding carboxylic acids is 2. The molecular formula is C12H9Cl2N3O3S. The number of rotatable bonds is 4. The van der Waals surface area contributed by atoms with Crippen LogP contribution < -0.4 is 5.32 Å². The first-order chi connectivity index (χ1) is 9.95. The second-order valence-electron chi connectivity index (χ2n) is 3.86. The molecule has 0 atom stereocenters. The maximum Gasteiger partial charge on any atom is 0.358 e. The van der Waals surface area contributed by atoms with Crippen molar-refractivity contribution in [3.8, 4) is 0 Å². The fourth-order valence-corrected chi connectivity index (χ4v) is 2.39. The van der Waals surface area contributed by atoms with Gasteiger partial charge in [-0.1, -0.05) is 23.2 Å². The molecule has 0 bridgehead atoms. The minimum absolute atomic E-state index is 0.0990. The molecule has 2 aromatic heterocycles. The van der Waals surface area contributed by atoms with Crippen LogP contribution in [0.15, 0.2) is 17.5 Å². The average molecular weight is 346 g/mol. The number of hydrogen-bond donors (Lipinski definition) is 1. The molecule has 0 aliphatic carbocycles. The number of esters is 1. The molecule has 0 fully saturated rings. The van der Waals surface area contributed by atoms with E-state index in [4.69, 9.17) is 27.9 Å². The van der Waals surface area contributed by atoms with E-state index in [0.29, 0.717) is 15.8 Å². The summed E-state index contributed by atoms with van der Waals surface area (Å²) >= 11 is 12.8. The second-order valence-corrected chi connectivity index (χ2v) is 5.51. The van der Waals surface area contributed by atoms with E-state index in [1.165, 1.54) is 18.4 Å². The summed E-state index contributed by atoms with van der Waals surface area (Å²) in [5, 5.41) is 4.90. The maximum atomic E-state index is 11.8. The summed E-state index contributed by atoms with van der Waals surface area (Å²) in [4.78, 5) is 30.6. The summed E-state index contributed by atoms with van der Waals surface area (Å²) < 4.78 is 5.06. The molecule has 0 aromatic carbocycles. The third kappa shape index (κ3) is 4.38. The van der Waals surface area contributed by atoms with Crippen LogP contribution in [0.3, 0.4) is 0 Å². The summed E-state index contributed by atoms with van der Waals surface area (Å²) in [6, 6.07) is 3.10. The fourth-order valence-electron chi connectivity index (χ4n) is 1.34. The number of amides is 1. The number of pyridine rings is 1. The Hall–Kier alpha value is -1.70. The lowest BCUT2D eigenvalue weighted by molar-refractivity contribution is -0.114. The molecule has 2 rings (SSSR count). The Bertz CT molecular complexity index is 690. The highest BCUT2D eigenvalue weighted by Gasteiger charge is 2.14. The van der Waals surface area contributed by atoms with Gasteiger partial charge in [0.15, 0.2) is 10.8 Å². The molecule has 9 heteroatoms. The molecular weight excluding hydrogens is 337 g/mol. The quantitative estimate of drug-likeness (QED) is 0.679. The molecule has 110 valence electrons. The van der Waals surface area contributed by atoms with Gasteiger partial charge in [0.1, 0.15) is 11.8 Å². The Balaban J connectivity index is 2.00. The number of anilines is 1. The van der Waals surface area contributed by atoms with Gasteiger partial charge in [-0.3, -0.25) is 4.79 Å². The van der Waals surface area contributed by atoms with E-state index < -0.39 is 5.97 Å². The fraction of sp³-hybridized carbons (Fsp3) is 0.167. The van der Waals surface area contributed by atoms with Crippen LogP contribution in [0.25, 0.3) is 0 Å². The average Bonchev–Trinajstić information content (AvgIpc) is 2.87. The Morgan fingerprint density at radius 3 is 2.81 bits per heavy atom. The van der Waals surface area contributed by atoms with E-state index in [0.717, 1.165) is 11.3 Å². The lowest BCUT2D eigenvalue weighted by Crippen LogP contribution is -2.09. The lowest BCUT2D eigenvalue weighted by Gasteiger charge is -2.04. The number of carbonyl (C=O) groups is 2. The summed E-state index contributed by atoms with van der Waals surface area (Å²) in [6.45, 7) is 1.23. The molecule has 0 spiro atoms. The zero-order chi connectivity index (χ0) is 15.4. The van der Waals surface area contributed by atoms with Crippen LogP contribution in [0, 0.1) is 0 Å². The van der Waals surface area contributed by atoms with Crippen molar-refractivity contribution in [2.45, 2.75) is 13.5 Å². The van der Waals surface area contributed by atoms with E-state index in [1.54, 1.807) is 6.07 Å². The van der Waals surface area contributed by atoms with Crippen molar-refractivity contribution in [3.63, 3.8) is 0 Å². The SMILES string of the molecule is CC(=O)Nc1nc(C(=O)OCc2nc(Cl)ccc2Cl)cs1. The Morgan fingerprint density at radius 1 is 1.33 bits per heavy atom. The minimum Gasteiger partial charge on any atom is -0.454 e. The predicted octanol–water partition coefficient (Wildman–Crippen LogP) is 3.16. The van der Waals surface area contributed by atoms with E-state index in [2.05, 4.69) is 15.3 Å². The molecule has 0 radical (unpaired) electrons. The summed E-state index contributed by atoms with van der Waals surface area (Å²) in [6.07, 6.45) is 0. The van der Waals surface area contributed by atoms with E-state index >= 15 is 0 Å². The van der Waals surface area contributed by atoms with Crippen molar-refractivity contribution in [2.75, 3.05) is 5.32 Å². The van der Waals surface area contributed by atoms with Crippen LogP contribution in [0.5, 0.6) is 0 Å². The second kappa shape index (κ2) is 6.84. The Kier molecular flexibility index (Phi) is 5.11. The van der Waals surface area contributed by atoms with Gasteiger partial charge in [-0.25, -0.2) is 14.8 Å². The minimum atomic E-state index is -0.638. The maximum absolute atomic E-state index is 11.8. The lowest BCUT2D eigenvalue weighted by atomic mass is 10.3. The van der Waals surface area contributed by atoms with Crippen LogP contribution in [0.4, 0.5) is 5.13 Å². The predicted molar refractivity (Wildman–Crippen MR) is 79.8 cm³/mol. The highest BCUT2D eigenvalue weighted by Crippen LogP contribution is 2.19. The molecule has 0 unspecified atom stereocenters. The topological polar surface area (TPSA) is 81.2 Å². The van der Waals surface area contributed by atoms with Crippen LogP contribution >= 0.6 is 34.5 Å². The van der Waals surface area contributed by atoms with Gasteiger partial charge >= 0.3 is 5.97 Å². The van der Waals surface area contributed by atoms with Crippen molar-refractivity contribution in [1.82, 2.24) is 9.97 Å². The van der Waals surface area contributed by atoms with Gasteiger partial charge in [0.25, 0.3) is 0 Å². The molecule has 1 N–H and O–H groups in total. The van der Waals surface area contributed by atoms with Crippen molar-refractivity contribution >= 4 is 51.5 Å². The molecule has 0 aliphatic rings. The summed E-state index contributed by atoms with van der Waals surface area (Å²) in [7, 11) is 0. The standard InChI is InChI=1S/C12H9Cl2N3O3S/c1-6(18)15-12-17-9(5-21-12)11(19)20-4-8-7(13)2-3-10(14)16-8/h2-3,5H,4H2,1H3,(H,15,17,18). The van der Waals surface area contributed by atoms with Gasteiger partial charge < -0.3 is 10.1 Å².